The zero-order chi connectivity index (χ0) is 28.8. The number of nitrogens with one attached hydrogen (secondary N) is 1. The van der Waals surface area contributed by atoms with Gasteiger partial charge in [-0.3, -0.25) is 4.79 Å². The quantitative estimate of drug-likeness (QED) is 0.161. The summed E-state index contributed by atoms with van der Waals surface area (Å²) < 4.78 is 10.5. The Balaban J connectivity index is 1.96. The van der Waals surface area contributed by atoms with Crippen molar-refractivity contribution < 1.29 is 49.4 Å². The number of aliphatic hydroxyl groups excluding tert-OH is 5. The summed E-state index contributed by atoms with van der Waals surface area (Å²) in [5.41, 5.74) is 1.47. The summed E-state index contributed by atoms with van der Waals surface area (Å²) in [5.74, 6) is -1.32. The number of hydrogen-bond acceptors (Lipinski definition) is 10. The van der Waals surface area contributed by atoms with Crippen LogP contribution in [0.25, 0.3) is 0 Å². The molecule has 2 aromatic rings. The van der Waals surface area contributed by atoms with Crippen LogP contribution in [0.3, 0.4) is 0 Å². The van der Waals surface area contributed by atoms with E-state index in [1.54, 1.807) is 48.5 Å². The third kappa shape index (κ3) is 11.0. The number of ether oxygens (including phenoxy) is 2. The predicted molar refractivity (Wildman–Crippen MR) is 138 cm³/mol. The highest BCUT2D eigenvalue weighted by molar-refractivity contribution is 5.83. The number of carbonyl (C=O) groups excluding carboxylic acids is 3. The van der Waals surface area contributed by atoms with Crippen molar-refractivity contribution in [1.29, 1.82) is 0 Å². The van der Waals surface area contributed by atoms with Crippen LogP contribution in [0.2, 0.25) is 0 Å². The summed E-state index contributed by atoms with van der Waals surface area (Å²) in [6, 6.07) is 16.6. The molecule has 5 atom stereocenters. The van der Waals surface area contributed by atoms with Gasteiger partial charge in [0.1, 0.15) is 43.7 Å². The van der Waals surface area contributed by atoms with E-state index in [4.69, 9.17) is 14.6 Å². The first kappa shape index (κ1) is 31.7. The highest BCUT2D eigenvalue weighted by atomic mass is 16.6. The van der Waals surface area contributed by atoms with Crippen molar-refractivity contribution in [2.24, 2.45) is 0 Å². The van der Waals surface area contributed by atoms with Gasteiger partial charge in [-0.1, -0.05) is 60.7 Å². The van der Waals surface area contributed by atoms with Crippen LogP contribution in [0.1, 0.15) is 24.0 Å². The van der Waals surface area contributed by atoms with Gasteiger partial charge in [0.25, 0.3) is 0 Å². The highest BCUT2D eigenvalue weighted by Gasteiger charge is 2.32. The SMILES string of the molecule is CN(C[C@H](O)[C@@H](O)[C@H](O)[C@H](O)CO)C(=O)CC[C@H](NC(=O)OCc1ccccc1)C(=O)OCc1ccccc1. The van der Waals surface area contributed by atoms with E-state index >= 15 is 0 Å². The van der Waals surface area contributed by atoms with Crippen molar-refractivity contribution in [2.75, 3.05) is 20.2 Å². The minimum Gasteiger partial charge on any atom is -0.459 e. The number of nitrogens with zero attached hydrogens (tertiary/aromatic N) is 1. The lowest BCUT2D eigenvalue weighted by Crippen LogP contribution is -2.50. The average Bonchev–Trinajstić information content (AvgIpc) is 2.96. The first-order valence-corrected chi connectivity index (χ1v) is 12.4. The molecule has 0 radical (unpaired) electrons. The van der Waals surface area contributed by atoms with E-state index < -0.39 is 61.6 Å². The van der Waals surface area contributed by atoms with Crippen LogP contribution in [0.4, 0.5) is 4.79 Å². The van der Waals surface area contributed by atoms with Gasteiger partial charge in [-0.25, -0.2) is 9.59 Å². The van der Waals surface area contributed by atoms with Crippen LogP contribution in [0.15, 0.2) is 60.7 Å². The highest BCUT2D eigenvalue weighted by Crippen LogP contribution is 2.10. The van der Waals surface area contributed by atoms with Crippen molar-refractivity contribution in [3.05, 3.63) is 71.8 Å². The first-order chi connectivity index (χ1) is 18.6. The summed E-state index contributed by atoms with van der Waals surface area (Å²) in [6.45, 7) is -1.32. The Bertz CT molecular complexity index is 1020. The molecule has 12 nitrogen and oxygen atoms in total. The maximum absolute atomic E-state index is 12.8. The van der Waals surface area contributed by atoms with Gasteiger partial charge in [0, 0.05) is 20.0 Å². The van der Waals surface area contributed by atoms with Crippen LogP contribution < -0.4 is 5.32 Å². The number of rotatable bonds is 15. The lowest BCUT2D eigenvalue weighted by Gasteiger charge is -2.28. The van der Waals surface area contributed by atoms with Gasteiger partial charge in [-0.2, -0.15) is 0 Å². The zero-order valence-electron chi connectivity index (χ0n) is 21.6. The summed E-state index contributed by atoms with van der Waals surface area (Å²) in [7, 11) is 1.33. The van der Waals surface area contributed by atoms with Gasteiger partial charge < -0.3 is 45.2 Å². The van der Waals surface area contributed by atoms with E-state index in [2.05, 4.69) is 5.32 Å². The molecule has 0 unspecified atom stereocenters. The Morgan fingerprint density at radius 1 is 0.821 bits per heavy atom. The summed E-state index contributed by atoms with van der Waals surface area (Å²) >= 11 is 0. The van der Waals surface area contributed by atoms with Gasteiger partial charge in [0.05, 0.1) is 6.61 Å². The van der Waals surface area contributed by atoms with Crippen molar-refractivity contribution >= 4 is 18.0 Å². The number of hydrogen-bond donors (Lipinski definition) is 6. The predicted octanol–water partition coefficient (Wildman–Crippen LogP) is -0.301. The van der Waals surface area contributed by atoms with Gasteiger partial charge in [-0.05, 0) is 17.5 Å². The molecular formula is C27H36N2O10. The fraction of sp³-hybridized carbons (Fsp3) is 0.444. The molecule has 0 spiro atoms. The molecular weight excluding hydrogens is 512 g/mol. The second kappa shape index (κ2) is 16.4. The third-order valence-corrected chi connectivity index (χ3v) is 5.87. The van der Waals surface area contributed by atoms with Crippen molar-refractivity contribution in [3.8, 4) is 0 Å². The standard InChI is InChI=1S/C27H36N2O10/c1-29(14-21(31)24(34)25(35)22(32)15-30)23(33)13-12-20(26(36)38-16-18-8-4-2-5-9-18)28-27(37)39-17-19-10-6-3-7-11-19/h2-11,20-22,24-25,30-32,34-35H,12-17H2,1H3,(H,28,37)/t20-,21-,22+,24+,25+/m0/s1. The average molecular weight is 549 g/mol. The molecule has 0 saturated heterocycles. The number of esters is 1. The molecule has 0 aliphatic carbocycles. The normalized spacial score (nSPS) is 14.8. The molecule has 0 heterocycles. The Hall–Kier alpha value is -3.55. The Morgan fingerprint density at radius 3 is 1.87 bits per heavy atom. The first-order valence-electron chi connectivity index (χ1n) is 12.4. The number of carbonyl (C=O) groups is 3. The van der Waals surface area contributed by atoms with Crippen LogP contribution in [-0.4, -0.2) is 99.1 Å². The van der Waals surface area contributed by atoms with E-state index in [1.807, 2.05) is 12.1 Å². The van der Waals surface area contributed by atoms with Crippen LogP contribution in [-0.2, 0) is 32.3 Å². The van der Waals surface area contributed by atoms with Crippen molar-refractivity contribution in [2.45, 2.75) is 56.5 Å². The molecule has 2 rings (SSSR count). The maximum Gasteiger partial charge on any atom is 0.408 e. The largest absolute Gasteiger partial charge is 0.459 e. The number of benzene rings is 2. The van der Waals surface area contributed by atoms with E-state index in [9.17, 15) is 34.8 Å². The molecule has 0 aliphatic heterocycles. The zero-order valence-corrected chi connectivity index (χ0v) is 21.6. The third-order valence-electron chi connectivity index (χ3n) is 5.87. The molecule has 0 aliphatic rings. The van der Waals surface area contributed by atoms with Gasteiger partial charge in [-0.15, -0.1) is 0 Å². The van der Waals surface area contributed by atoms with E-state index in [-0.39, 0.29) is 26.1 Å². The number of alkyl carbamates (subject to hydrolysis) is 1. The molecule has 214 valence electrons. The minimum atomic E-state index is -1.83. The molecule has 0 fully saturated rings. The minimum absolute atomic E-state index is 0.0306. The molecule has 39 heavy (non-hydrogen) atoms. The molecule has 0 saturated carbocycles. The lowest BCUT2D eigenvalue weighted by molar-refractivity contribution is -0.148. The van der Waals surface area contributed by atoms with Crippen LogP contribution >= 0.6 is 0 Å². The second-order valence-corrected chi connectivity index (χ2v) is 8.96. The van der Waals surface area contributed by atoms with Gasteiger partial charge in [0.15, 0.2) is 0 Å². The molecule has 12 heteroatoms. The fourth-order valence-electron chi connectivity index (χ4n) is 3.50. The van der Waals surface area contributed by atoms with Crippen molar-refractivity contribution in [1.82, 2.24) is 10.2 Å². The Labute approximate surface area is 226 Å². The number of amides is 2. The van der Waals surface area contributed by atoms with E-state index in [0.717, 1.165) is 16.0 Å². The summed E-state index contributed by atoms with van der Waals surface area (Å²) in [6.07, 6.45) is -8.24. The summed E-state index contributed by atoms with van der Waals surface area (Å²) in [5, 5.41) is 50.6. The maximum atomic E-state index is 12.8. The second-order valence-electron chi connectivity index (χ2n) is 8.96. The number of aliphatic hydroxyl groups is 5. The molecule has 0 aromatic heterocycles. The van der Waals surface area contributed by atoms with Crippen molar-refractivity contribution in [3.63, 3.8) is 0 Å². The fourth-order valence-corrected chi connectivity index (χ4v) is 3.50. The summed E-state index contributed by atoms with van der Waals surface area (Å²) in [4.78, 5) is 38.9. The monoisotopic (exact) mass is 548 g/mol. The van der Waals surface area contributed by atoms with Gasteiger partial charge >= 0.3 is 12.1 Å². The van der Waals surface area contributed by atoms with Crippen LogP contribution in [0.5, 0.6) is 0 Å². The Kier molecular flexibility index (Phi) is 13.3. The van der Waals surface area contributed by atoms with Crippen LogP contribution in [0, 0.1) is 0 Å². The lowest BCUT2D eigenvalue weighted by atomic mass is 10.0. The van der Waals surface area contributed by atoms with E-state index in [1.165, 1.54) is 7.05 Å². The molecule has 2 amide bonds. The molecule has 0 bridgehead atoms. The topological polar surface area (TPSA) is 186 Å². The molecule has 2 aromatic carbocycles. The smallest absolute Gasteiger partial charge is 0.408 e. The number of likely N-dealkylation sites (N-methyl/N-ethyl adjacent to an activating group) is 1. The van der Waals surface area contributed by atoms with E-state index in [0.29, 0.717) is 0 Å². The van der Waals surface area contributed by atoms with Gasteiger partial charge in [0.2, 0.25) is 5.91 Å². The Morgan fingerprint density at radius 2 is 1.33 bits per heavy atom. The molecule has 6 N–H and O–H groups in total.